The van der Waals surface area contributed by atoms with Crippen LogP contribution in [0.3, 0.4) is 0 Å². The molecule has 3 heterocycles. The molecule has 4 rings (SSSR count). The number of urea groups is 1. The lowest BCUT2D eigenvalue weighted by Gasteiger charge is -2.35. The summed E-state index contributed by atoms with van der Waals surface area (Å²) >= 11 is 5.78. The lowest BCUT2D eigenvalue weighted by Crippen LogP contribution is -2.47. The molecule has 0 unspecified atom stereocenters. The Morgan fingerprint density at radius 3 is 2.93 bits per heavy atom. The average molecular weight is 392 g/mol. The third-order valence-electron chi connectivity index (χ3n) is 5.01. The van der Waals surface area contributed by atoms with Crippen molar-refractivity contribution >= 4 is 34.9 Å². The average Bonchev–Trinajstić information content (AvgIpc) is 3.22. The molecule has 0 aliphatic carbocycles. The molecular weight excluding hydrogens is 373 g/mol. The molecule has 1 aromatic carbocycles. The summed E-state index contributed by atoms with van der Waals surface area (Å²) in [6.45, 7) is 3.48. The van der Waals surface area contributed by atoms with Crippen LogP contribution in [-0.2, 0) is 17.9 Å². The number of benzene rings is 1. The Hall–Kier alpha value is -2.61. The predicted molar refractivity (Wildman–Crippen MR) is 99.2 cm³/mol. The monoisotopic (exact) mass is 391 g/mol. The van der Waals surface area contributed by atoms with Gasteiger partial charge in [0, 0.05) is 18.7 Å². The molecule has 1 N–H and O–H groups in total. The van der Waals surface area contributed by atoms with Gasteiger partial charge in [-0.05, 0) is 31.5 Å². The Bertz CT molecular complexity index is 915. The van der Waals surface area contributed by atoms with Gasteiger partial charge in [-0.3, -0.25) is 9.48 Å². The zero-order valence-electron chi connectivity index (χ0n) is 14.8. The minimum atomic E-state index is -0.537. The number of carbonyl (C=O) groups excluding carboxylic acids is 2. The molecule has 27 heavy (non-hydrogen) atoms. The van der Waals surface area contributed by atoms with E-state index in [1.54, 1.807) is 16.0 Å². The van der Waals surface area contributed by atoms with Crippen molar-refractivity contribution in [1.82, 2.24) is 14.7 Å². The van der Waals surface area contributed by atoms with Crippen LogP contribution < -0.4 is 10.2 Å². The predicted octanol–water partition coefficient (Wildman–Crippen LogP) is 3.24. The summed E-state index contributed by atoms with van der Waals surface area (Å²) in [6.07, 6.45) is 3.07. The molecule has 0 bridgehead atoms. The van der Waals surface area contributed by atoms with E-state index in [-0.39, 0.29) is 23.0 Å². The maximum Gasteiger partial charge on any atom is 0.322 e. The van der Waals surface area contributed by atoms with Crippen molar-refractivity contribution in [3.05, 3.63) is 40.9 Å². The Balaban J connectivity index is 1.55. The van der Waals surface area contributed by atoms with Crippen LogP contribution in [0.15, 0.2) is 24.4 Å². The topological polar surface area (TPSA) is 70.5 Å². The first-order valence-corrected chi connectivity index (χ1v) is 9.19. The number of anilines is 2. The highest BCUT2D eigenvalue weighted by molar-refractivity contribution is 6.31. The fourth-order valence-electron chi connectivity index (χ4n) is 3.56. The van der Waals surface area contributed by atoms with E-state index in [1.165, 1.54) is 18.2 Å². The first-order valence-electron chi connectivity index (χ1n) is 8.82. The first-order chi connectivity index (χ1) is 12.9. The number of amides is 3. The van der Waals surface area contributed by atoms with Gasteiger partial charge in [0.15, 0.2) is 0 Å². The maximum atomic E-state index is 13.3. The van der Waals surface area contributed by atoms with Crippen molar-refractivity contribution in [2.75, 3.05) is 16.8 Å². The Labute approximate surface area is 160 Å². The number of hydrogen-bond donors (Lipinski definition) is 1. The highest BCUT2D eigenvalue weighted by Gasteiger charge is 2.33. The van der Waals surface area contributed by atoms with Crippen LogP contribution in [0.4, 0.5) is 20.6 Å². The van der Waals surface area contributed by atoms with Crippen LogP contribution in [0.25, 0.3) is 0 Å². The number of aromatic nitrogens is 2. The molecule has 0 saturated carbocycles. The molecule has 3 amide bonds. The molecule has 1 atom stereocenters. The van der Waals surface area contributed by atoms with Crippen LogP contribution >= 0.6 is 11.6 Å². The normalized spacial score (nSPS) is 19.4. The Morgan fingerprint density at radius 1 is 1.41 bits per heavy atom. The lowest BCUT2D eigenvalue weighted by molar-refractivity contribution is -0.117. The Kier molecular flexibility index (Phi) is 4.51. The second-order valence-electron chi connectivity index (χ2n) is 6.84. The van der Waals surface area contributed by atoms with Crippen molar-refractivity contribution in [3.63, 3.8) is 0 Å². The number of hydrogen-bond acceptors (Lipinski definition) is 3. The zero-order valence-corrected chi connectivity index (χ0v) is 15.5. The molecule has 2 aliphatic heterocycles. The van der Waals surface area contributed by atoms with Gasteiger partial charge in [-0.25, -0.2) is 9.18 Å². The second-order valence-corrected chi connectivity index (χ2v) is 7.25. The molecule has 0 spiro atoms. The van der Waals surface area contributed by atoms with E-state index < -0.39 is 5.82 Å². The van der Waals surface area contributed by atoms with Crippen LogP contribution in [0, 0.1) is 5.82 Å². The summed E-state index contributed by atoms with van der Waals surface area (Å²) in [7, 11) is 0. The van der Waals surface area contributed by atoms with Crippen LogP contribution in [0.5, 0.6) is 0 Å². The van der Waals surface area contributed by atoms with Crippen molar-refractivity contribution in [1.29, 1.82) is 0 Å². The molecule has 1 aromatic heterocycles. The molecule has 2 aliphatic rings. The van der Waals surface area contributed by atoms with E-state index in [0.29, 0.717) is 31.7 Å². The van der Waals surface area contributed by atoms with Gasteiger partial charge in [-0.1, -0.05) is 11.6 Å². The van der Waals surface area contributed by atoms with Gasteiger partial charge in [0.05, 0.1) is 41.7 Å². The van der Waals surface area contributed by atoms with Gasteiger partial charge in [0.2, 0.25) is 5.91 Å². The summed E-state index contributed by atoms with van der Waals surface area (Å²) in [5, 5.41) is 7.10. The van der Waals surface area contributed by atoms with Gasteiger partial charge in [0.25, 0.3) is 0 Å². The molecule has 0 radical (unpaired) electrons. The van der Waals surface area contributed by atoms with E-state index in [1.807, 2.05) is 11.6 Å². The van der Waals surface area contributed by atoms with E-state index in [9.17, 15) is 14.0 Å². The fraction of sp³-hybridized carbons (Fsp3) is 0.389. The Morgan fingerprint density at radius 2 is 2.22 bits per heavy atom. The van der Waals surface area contributed by atoms with E-state index in [4.69, 9.17) is 11.6 Å². The van der Waals surface area contributed by atoms with Crippen molar-refractivity contribution in [2.45, 2.75) is 38.9 Å². The van der Waals surface area contributed by atoms with Gasteiger partial charge in [-0.2, -0.15) is 5.10 Å². The maximum absolute atomic E-state index is 13.3. The minimum absolute atomic E-state index is 0.0487. The molecular formula is C18H19ClFN5O2. The van der Waals surface area contributed by atoms with E-state index >= 15 is 0 Å². The second kappa shape index (κ2) is 6.84. The fourth-order valence-corrected chi connectivity index (χ4v) is 3.74. The van der Waals surface area contributed by atoms with Crippen LogP contribution in [0.2, 0.25) is 5.02 Å². The van der Waals surface area contributed by atoms with E-state index in [0.717, 1.165) is 17.8 Å². The lowest BCUT2D eigenvalue weighted by atomic mass is 10.2. The van der Waals surface area contributed by atoms with Crippen LogP contribution in [0.1, 0.15) is 25.5 Å². The van der Waals surface area contributed by atoms with Crippen molar-refractivity contribution < 1.29 is 14.0 Å². The van der Waals surface area contributed by atoms with Gasteiger partial charge < -0.3 is 15.1 Å². The van der Waals surface area contributed by atoms with Gasteiger partial charge in [-0.15, -0.1) is 0 Å². The molecule has 7 nitrogen and oxygen atoms in total. The van der Waals surface area contributed by atoms with Gasteiger partial charge in [0.1, 0.15) is 5.82 Å². The number of fused-ring (bicyclic) bond motifs is 1. The molecule has 1 fully saturated rings. The zero-order chi connectivity index (χ0) is 19.1. The summed E-state index contributed by atoms with van der Waals surface area (Å²) in [6, 6.07) is 3.66. The number of nitrogens with zero attached hydrogens (tertiary/aromatic N) is 4. The molecule has 142 valence electrons. The largest absolute Gasteiger partial charge is 0.322 e. The number of nitrogens with one attached hydrogen (secondary N) is 1. The molecule has 1 saturated heterocycles. The summed E-state index contributed by atoms with van der Waals surface area (Å²) < 4.78 is 15.2. The number of halogens is 2. The summed E-state index contributed by atoms with van der Waals surface area (Å²) in [5.74, 6) is -0.453. The van der Waals surface area contributed by atoms with Gasteiger partial charge >= 0.3 is 6.03 Å². The smallest absolute Gasteiger partial charge is 0.314 e. The van der Waals surface area contributed by atoms with Crippen molar-refractivity contribution in [2.24, 2.45) is 0 Å². The van der Waals surface area contributed by atoms with Crippen LogP contribution in [-0.4, -0.2) is 39.2 Å². The number of rotatable bonds is 2. The SMILES string of the molecule is C[C@H]1Cn2ncc(N3CCCC3=O)c2CN1C(=O)Nc1ccc(F)c(Cl)c1. The third-order valence-corrected chi connectivity index (χ3v) is 5.30. The quantitative estimate of drug-likeness (QED) is 0.854. The van der Waals surface area contributed by atoms with E-state index in [2.05, 4.69) is 10.4 Å². The first kappa shape index (κ1) is 17.8. The standard InChI is InChI=1S/C18H19ClFN5O2/c1-11-9-25-16(15(8-21-25)23-6-2-3-17(23)26)10-24(11)18(27)22-12-4-5-14(20)13(19)7-12/h4-5,7-8,11H,2-3,6,9-10H2,1H3,(H,22,27)/t11-/m0/s1. The minimum Gasteiger partial charge on any atom is -0.314 e. The highest BCUT2D eigenvalue weighted by Crippen LogP contribution is 2.30. The summed E-state index contributed by atoms with van der Waals surface area (Å²) in [4.78, 5) is 28.3. The third kappa shape index (κ3) is 3.25. The van der Waals surface area contributed by atoms with Crippen molar-refractivity contribution in [3.8, 4) is 0 Å². The molecule has 9 heteroatoms. The highest BCUT2D eigenvalue weighted by atomic mass is 35.5. The number of carbonyl (C=O) groups is 2. The molecule has 2 aromatic rings. The summed E-state index contributed by atoms with van der Waals surface area (Å²) in [5.41, 5.74) is 2.04.